The van der Waals surface area contributed by atoms with Gasteiger partial charge in [-0.25, -0.2) is 4.39 Å². The predicted molar refractivity (Wildman–Crippen MR) is 68.1 cm³/mol. The molecule has 1 heterocycles. The number of nitrogens with one attached hydrogen (secondary N) is 1. The van der Waals surface area contributed by atoms with Gasteiger partial charge in [-0.1, -0.05) is 11.6 Å². The number of rotatable bonds is 3. The van der Waals surface area contributed by atoms with Crippen molar-refractivity contribution < 1.29 is 9.18 Å². The van der Waals surface area contributed by atoms with Crippen LogP contribution in [0.15, 0.2) is 35.0 Å². The number of carbonyl (C=O) groups excluding carboxylic acids is 1. The van der Waals surface area contributed by atoms with Crippen LogP contribution >= 0.6 is 22.9 Å². The molecule has 0 aliphatic carbocycles. The van der Waals surface area contributed by atoms with Crippen LogP contribution in [0.1, 0.15) is 5.56 Å². The second-order valence-corrected chi connectivity index (χ2v) is 4.67. The Kier molecular flexibility index (Phi) is 3.76. The van der Waals surface area contributed by atoms with E-state index in [4.69, 9.17) is 11.6 Å². The average Bonchev–Trinajstić information content (AvgIpc) is 2.76. The molecule has 2 rings (SSSR count). The molecule has 1 amide bonds. The molecule has 0 fully saturated rings. The van der Waals surface area contributed by atoms with E-state index < -0.39 is 5.82 Å². The first kappa shape index (κ1) is 12.1. The molecule has 0 saturated carbocycles. The Labute approximate surface area is 107 Å². The molecule has 1 N–H and O–H groups in total. The van der Waals surface area contributed by atoms with Crippen LogP contribution in [-0.4, -0.2) is 5.91 Å². The van der Waals surface area contributed by atoms with Crippen molar-refractivity contribution in [3.63, 3.8) is 0 Å². The van der Waals surface area contributed by atoms with Crippen molar-refractivity contribution >= 4 is 34.5 Å². The molecule has 0 aliphatic rings. The Bertz CT molecular complexity index is 527. The van der Waals surface area contributed by atoms with E-state index in [9.17, 15) is 9.18 Å². The molecule has 1 aromatic carbocycles. The maximum absolute atomic E-state index is 12.9. The SMILES string of the molecule is O=C(Cc1ccsc1)Nc1ccc(F)c(Cl)c1. The number of benzene rings is 1. The van der Waals surface area contributed by atoms with Crippen molar-refractivity contribution in [3.8, 4) is 0 Å². The molecular formula is C12H9ClFNOS. The lowest BCUT2D eigenvalue weighted by Gasteiger charge is -2.05. The summed E-state index contributed by atoms with van der Waals surface area (Å²) in [4.78, 5) is 11.6. The highest BCUT2D eigenvalue weighted by Gasteiger charge is 2.06. The zero-order valence-electron chi connectivity index (χ0n) is 8.74. The van der Waals surface area contributed by atoms with E-state index in [1.54, 1.807) is 11.3 Å². The predicted octanol–water partition coefficient (Wildman–Crippen LogP) is 3.72. The molecule has 0 atom stereocenters. The molecule has 2 nitrogen and oxygen atoms in total. The van der Waals surface area contributed by atoms with E-state index in [1.165, 1.54) is 18.2 Å². The van der Waals surface area contributed by atoms with Gasteiger partial charge < -0.3 is 5.32 Å². The third-order valence-electron chi connectivity index (χ3n) is 2.15. The van der Waals surface area contributed by atoms with Crippen LogP contribution in [-0.2, 0) is 11.2 Å². The molecule has 5 heteroatoms. The molecule has 2 aromatic rings. The first-order valence-corrected chi connectivity index (χ1v) is 6.23. The Morgan fingerprint density at radius 1 is 1.41 bits per heavy atom. The Hall–Kier alpha value is -1.39. The molecule has 17 heavy (non-hydrogen) atoms. The summed E-state index contributed by atoms with van der Waals surface area (Å²) >= 11 is 7.16. The molecule has 88 valence electrons. The van der Waals surface area contributed by atoms with E-state index >= 15 is 0 Å². The molecule has 0 bridgehead atoms. The zero-order chi connectivity index (χ0) is 12.3. The third kappa shape index (κ3) is 3.28. The standard InChI is InChI=1S/C12H9ClFNOS/c13-10-6-9(1-2-11(10)14)15-12(16)5-8-3-4-17-7-8/h1-4,6-7H,5H2,(H,15,16). The van der Waals surface area contributed by atoms with Crippen LogP contribution in [0.2, 0.25) is 5.02 Å². The fourth-order valence-electron chi connectivity index (χ4n) is 1.36. The fraction of sp³-hybridized carbons (Fsp3) is 0.0833. The van der Waals surface area contributed by atoms with E-state index in [2.05, 4.69) is 5.32 Å². The minimum absolute atomic E-state index is 0.00154. The second kappa shape index (κ2) is 5.29. The Morgan fingerprint density at radius 2 is 2.24 bits per heavy atom. The normalized spacial score (nSPS) is 10.2. The van der Waals surface area contributed by atoms with Gasteiger partial charge in [0.25, 0.3) is 0 Å². The third-order valence-corrected chi connectivity index (χ3v) is 3.17. The fourth-order valence-corrected chi connectivity index (χ4v) is 2.21. The lowest BCUT2D eigenvalue weighted by atomic mass is 10.2. The number of hydrogen-bond acceptors (Lipinski definition) is 2. The van der Waals surface area contributed by atoms with Crippen LogP contribution in [0.25, 0.3) is 0 Å². The van der Waals surface area contributed by atoms with Crippen LogP contribution < -0.4 is 5.32 Å². The number of anilines is 1. The first-order valence-electron chi connectivity index (χ1n) is 4.91. The van der Waals surface area contributed by atoms with Gasteiger partial charge in [-0.2, -0.15) is 11.3 Å². The summed E-state index contributed by atoms with van der Waals surface area (Å²) in [7, 11) is 0. The smallest absolute Gasteiger partial charge is 0.228 e. The van der Waals surface area contributed by atoms with Crippen molar-refractivity contribution in [2.45, 2.75) is 6.42 Å². The lowest BCUT2D eigenvalue weighted by Crippen LogP contribution is -2.13. The van der Waals surface area contributed by atoms with Gasteiger partial charge >= 0.3 is 0 Å². The van der Waals surface area contributed by atoms with Gasteiger partial charge in [0.2, 0.25) is 5.91 Å². The maximum Gasteiger partial charge on any atom is 0.228 e. The van der Waals surface area contributed by atoms with Crippen molar-refractivity contribution in [1.82, 2.24) is 0 Å². The monoisotopic (exact) mass is 269 g/mol. The highest BCUT2D eigenvalue weighted by atomic mass is 35.5. The van der Waals surface area contributed by atoms with Crippen LogP contribution in [0.4, 0.5) is 10.1 Å². The van der Waals surface area contributed by atoms with E-state index in [0.717, 1.165) is 5.56 Å². The molecule has 0 radical (unpaired) electrons. The first-order chi connectivity index (χ1) is 8.15. The molecule has 0 aliphatic heterocycles. The minimum Gasteiger partial charge on any atom is -0.326 e. The maximum atomic E-state index is 12.9. The van der Waals surface area contributed by atoms with E-state index in [0.29, 0.717) is 12.1 Å². The molecule has 0 saturated heterocycles. The van der Waals surface area contributed by atoms with Gasteiger partial charge in [0.15, 0.2) is 0 Å². The Morgan fingerprint density at radius 3 is 2.88 bits per heavy atom. The molecule has 1 aromatic heterocycles. The summed E-state index contributed by atoms with van der Waals surface area (Å²) in [6, 6.07) is 5.99. The van der Waals surface area contributed by atoms with Gasteiger partial charge in [0.1, 0.15) is 5.82 Å². The van der Waals surface area contributed by atoms with Crippen molar-refractivity contribution in [2.24, 2.45) is 0 Å². The highest BCUT2D eigenvalue weighted by Crippen LogP contribution is 2.19. The van der Waals surface area contributed by atoms with Gasteiger partial charge in [-0.05, 0) is 40.6 Å². The highest BCUT2D eigenvalue weighted by molar-refractivity contribution is 7.08. The van der Waals surface area contributed by atoms with Crippen LogP contribution in [0.3, 0.4) is 0 Å². The van der Waals surface area contributed by atoms with E-state index in [1.807, 2.05) is 16.8 Å². The summed E-state index contributed by atoms with van der Waals surface area (Å²) in [6.45, 7) is 0. The average molecular weight is 270 g/mol. The summed E-state index contributed by atoms with van der Waals surface area (Å²) < 4.78 is 12.9. The summed E-state index contributed by atoms with van der Waals surface area (Å²) in [5.74, 6) is -0.645. The minimum atomic E-state index is -0.498. The molecular weight excluding hydrogens is 261 g/mol. The molecule has 0 spiro atoms. The van der Waals surface area contributed by atoms with Crippen molar-refractivity contribution in [1.29, 1.82) is 0 Å². The quantitative estimate of drug-likeness (QED) is 0.904. The lowest BCUT2D eigenvalue weighted by molar-refractivity contribution is -0.115. The largest absolute Gasteiger partial charge is 0.326 e. The number of halogens is 2. The van der Waals surface area contributed by atoms with Gasteiger partial charge in [-0.15, -0.1) is 0 Å². The topological polar surface area (TPSA) is 29.1 Å². The molecule has 0 unspecified atom stereocenters. The van der Waals surface area contributed by atoms with E-state index in [-0.39, 0.29) is 10.9 Å². The van der Waals surface area contributed by atoms with Crippen LogP contribution in [0, 0.1) is 5.82 Å². The zero-order valence-corrected chi connectivity index (χ0v) is 10.3. The summed E-state index contributed by atoms with van der Waals surface area (Å²) in [5.41, 5.74) is 1.46. The Balaban J connectivity index is 2.00. The van der Waals surface area contributed by atoms with Crippen LogP contribution in [0.5, 0.6) is 0 Å². The van der Waals surface area contributed by atoms with Crippen molar-refractivity contribution in [2.75, 3.05) is 5.32 Å². The second-order valence-electron chi connectivity index (χ2n) is 3.49. The van der Waals surface area contributed by atoms with Crippen molar-refractivity contribution in [3.05, 3.63) is 51.4 Å². The summed E-state index contributed by atoms with van der Waals surface area (Å²) in [5, 5.41) is 6.49. The number of carbonyl (C=O) groups is 1. The summed E-state index contributed by atoms with van der Waals surface area (Å²) in [6.07, 6.45) is 0.304. The number of hydrogen-bond donors (Lipinski definition) is 1. The number of thiophene rings is 1. The van der Waals surface area contributed by atoms with Gasteiger partial charge in [-0.3, -0.25) is 4.79 Å². The number of amides is 1. The van der Waals surface area contributed by atoms with Gasteiger partial charge in [0.05, 0.1) is 11.4 Å². The van der Waals surface area contributed by atoms with Gasteiger partial charge in [0, 0.05) is 5.69 Å².